The van der Waals surface area contributed by atoms with Gasteiger partial charge in [0.1, 0.15) is 0 Å². The molecule has 0 saturated heterocycles. The van der Waals surface area contributed by atoms with Gasteiger partial charge in [-0.25, -0.2) is 0 Å². The summed E-state index contributed by atoms with van der Waals surface area (Å²) in [6.45, 7) is 2.02. The Bertz CT molecular complexity index is 435. The summed E-state index contributed by atoms with van der Waals surface area (Å²) >= 11 is 0. The molecule has 1 heterocycles. The largest absolute Gasteiger partial charge is 0.320 e. The standard InChI is InChI=1S/C14H16N2/c1-14(15,13-9-5-6-10-16-13)11-12-7-3-2-4-8-12/h2-10H,11,15H2,1H3. The highest BCUT2D eigenvalue weighted by Crippen LogP contribution is 2.20. The van der Waals surface area contributed by atoms with Gasteiger partial charge in [-0.15, -0.1) is 0 Å². The number of nitrogens with zero attached hydrogens (tertiary/aromatic N) is 1. The van der Waals surface area contributed by atoms with Crippen molar-refractivity contribution in [2.45, 2.75) is 18.9 Å². The third-order valence-corrected chi connectivity index (χ3v) is 2.66. The molecule has 2 heteroatoms. The first-order valence-corrected chi connectivity index (χ1v) is 5.43. The minimum Gasteiger partial charge on any atom is -0.320 e. The highest BCUT2D eigenvalue weighted by atomic mass is 14.8. The van der Waals surface area contributed by atoms with Gasteiger partial charge in [0.05, 0.1) is 11.2 Å². The second-order valence-corrected chi connectivity index (χ2v) is 4.29. The van der Waals surface area contributed by atoms with Crippen LogP contribution in [-0.4, -0.2) is 4.98 Å². The first-order valence-electron chi connectivity index (χ1n) is 5.43. The van der Waals surface area contributed by atoms with Crippen molar-refractivity contribution in [1.29, 1.82) is 0 Å². The second-order valence-electron chi connectivity index (χ2n) is 4.29. The maximum absolute atomic E-state index is 6.31. The summed E-state index contributed by atoms with van der Waals surface area (Å²) in [7, 11) is 0. The topological polar surface area (TPSA) is 38.9 Å². The predicted octanol–water partition coefficient (Wildman–Crippen LogP) is 2.50. The maximum Gasteiger partial charge on any atom is 0.0602 e. The SMILES string of the molecule is CC(N)(Cc1ccccc1)c1ccccn1. The van der Waals surface area contributed by atoms with Gasteiger partial charge in [0.25, 0.3) is 0 Å². The smallest absolute Gasteiger partial charge is 0.0602 e. The van der Waals surface area contributed by atoms with E-state index in [0.29, 0.717) is 0 Å². The fourth-order valence-electron chi connectivity index (χ4n) is 1.81. The molecule has 1 aromatic heterocycles. The van der Waals surface area contributed by atoms with Crippen molar-refractivity contribution < 1.29 is 0 Å². The second kappa shape index (κ2) is 4.45. The van der Waals surface area contributed by atoms with E-state index in [0.717, 1.165) is 12.1 Å². The van der Waals surface area contributed by atoms with Crippen LogP contribution >= 0.6 is 0 Å². The molecule has 0 aliphatic carbocycles. The van der Waals surface area contributed by atoms with Crippen molar-refractivity contribution in [2.24, 2.45) is 5.73 Å². The fourth-order valence-corrected chi connectivity index (χ4v) is 1.81. The molecular formula is C14H16N2. The average Bonchev–Trinajstić information content (AvgIpc) is 2.31. The first-order chi connectivity index (χ1) is 7.68. The summed E-state index contributed by atoms with van der Waals surface area (Å²) < 4.78 is 0. The van der Waals surface area contributed by atoms with E-state index >= 15 is 0 Å². The van der Waals surface area contributed by atoms with Crippen molar-refractivity contribution in [3.8, 4) is 0 Å². The zero-order valence-electron chi connectivity index (χ0n) is 9.43. The third-order valence-electron chi connectivity index (χ3n) is 2.66. The van der Waals surface area contributed by atoms with Crippen LogP contribution in [0.2, 0.25) is 0 Å². The van der Waals surface area contributed by atoms with Crippen LogP contribution in [-0.2, 0) is 12.0 Å². The molecule has 0 radical (unpaired) electrons. The summed E-state index contributed by atoms with van der Waals surface area (Å²) in [5.74, 6) is 0. The van der Waals surface area contributed by atoms with E-state index in [-0.39, 0.29) is 0 Å². The molecule has 1 unspecified atom stereocenters. The highest BCUT2D eigenvalue weighted by molar-refractivity contribution is 5.22. The van der Waals surface area contributed by atoms with Crippen LogP contribution < -0.4 is 5.73 Å². The van der Waals surface area contributed by atoms with Gasteiger partial charge >= 0.3 is 0 Å². The van der Waals surface area contributed by atoms with E-state index in [1.807, 2.05) is 43.3 Å². The van der Waals surface area contributed by atoms with Gasteiger partial charge < -0.3 is 5.73 Å². The molecule has 0 spiro atoms. The van der Waals surface area contributed by atoms with Crippen LogP contribution in [0.5, 0.6) is 0 Å². The normalized spacial score (nSPS) is 14.4. The van der Waals surface area contributed by atoms with Crippen LogP contribution in [0.15, 0.2) is 54.7 Å². The van der Waals surface area contributed by atoms with Crippen molar-refractivity contribution in [3.63, 3.8) is 0 Å². The number of benzene rings is 1. The number of aromatic nitrogens is 1. The molecule has 1 aromatic carbocycles. The van der Waals surface area contributed by atoms with Crippen LogP contribution in [0.4, 0.5) is 0 Å². The first kappa shape index (κ1) is 10.8. The van der Waals surface area contributed by atoms with Gasteiger partial charge in [0, 0.05) is 6.20 Å². The Morgan fingerprint density at radius 1 is 1.06 bits per heavy atom. The van der Waals surface area contributed by atoms with Crippen LogP contribution in [0.3, 0.4) is 0 Å². The van der Waals surface area contributed by atoms with E-state index in [2.05, 4.69) is 17.1 Å². The number of hydrogen-bond donors (Lipinski definition) is 1. The summed E-state index contributed by atoms with van der Waals surface area (Å²) in [5, 5.41) is 0. The monoisotopic (exact) mass is 212 g/mol. The van der Waals surface area contributed by atoms with E-state index < -0.39 is 5.54 Å². The number of rotatable bonds is 3. The Balaban J connectivity index is 2.21. The Morgan fingerprint density at radius 3 is 2.38 bits per heavy atom. The lowest BCUT2D eigenvalue weighted by molar-refractivity contribution is 0.476. The van der Waals surface area contributed by atoms with Crippen molar-refractivity contribution in [1.82, 2.24) is 4.98 Å². The molecule has 0 aliphatic heterocycles. The van der Waals surface area contributed by atoms with E-state index in [1.165, 1.54) is 5.56 Å². The average molecular weight is 212 g/mol. The quantitative estimate of drug-likeness (QED) is 0.849. The molecule has 0 bridgehead atoms. The molecule has 0 amide bonds. The minimum absolute atomic E-state index is 0.414. The zero-order valence-corrected chi connectivity index (χ0v) is 9.43. The lowest BCUT2D eigenvalue weighted by Gasteiger charge is -2.24. The van der Waals surface area contributed by atoms with Gasteiger partial charge in [-0.1, -0.05) is 36.4 Å². The number of hydrogen-bond acceptors (Lipinski definition) is 2. The molecule has 2 N–H and O–H groups in total. The number of nitrogens with two attached hydrogens (primary N) is 1. The van der Waals surface area contributed by atoms with Gasteiger partial charge in [0.15, 0.2) is 0 Å². The van der Waals surface area contributed by atoms with Crippen LogP contribution in [0.1, 0.15) is 18.2 Å². The molecule has 16 heavy (non-hydrogen) atoms. The molecule has 2 aromatic rings. The molecule has 82 valence electrons. The van der Waals surface area contributed by atoms with Gasteiger partial charge in [-0.3, -0.25) is 4.98 Å². The summed E-state index contributed by atoms with van der Waals surface area (Å²) in [6.07, 6.45) is 2.58. The summed E-state index contributed by atoms with van der Waals surface area (Å²) in [6, 6.07) is 16.1. The Kier molecular flexibility index (Phi) is 3.02. The molecule has 1 atom stereocenters. The highest BCUT2D eigenvalue weighted by Gasteiger charge is 2.22. The van der Waals surface area contributed by atoms with Crippen molar-refractivity contribution >= 4 is 0 Å². The van der Waals surface area contributed by atoms with Crippen LogP contribution in [0.25, 0.3) is 0 Å². The molecule has 0 fully saturated rings. The van der Waals surface area contributed by atoms with Gasteiger partial charge in [0.2, 0.25) is 0 Å². The molecule has 2 rings (SSSR count). The Morgan fingerprint density at radius 2 is 1.75 bits per heavy atom. The zero-order chi connectivity index (χ0) is 11.4. The molecule has 0 saturated carbocycles. The molecular weight excluding hydrogens is 196 g/mol. The minimum atomic E-state index is -0.414. The Hall–Kier alpha value is -1.67. The number of pyridine rings is 1. The van der Waals surface area contributed by atoms with Crippen LogP contribution in [0, 0.1) is 0 Å². The van der Waals surface area contributed by atoms with Gasteiger partial charge in [-0.05, 0) is 31.0 Å². The molecule has 2 nitrogen and oxygen atoms in total. The maximum atomic E-state index is 6.31. The van der Waals surface area contributed by atoms with Gasteiger partial charge in [-0.2, -0.15) is 0 Å². The Labute approximate surface area is 96.1 Å². The van der Waals surface area contributed by atoms with Crippen molar-refractivity contribution in [3.05, 3.63) is 66.0 Å². The third kappa shape index (κ3) is 2.47. The molecule has 0 aliphatic rings. The predicted molar refractivity (Wildman–Crippen MR) is 65.9 cm³/mol. The van der Waals surface area contributed by atoms with E-state index in [1.54, 1.807) is 6.20 Å². The van der Waals surface area contributed by atoms with E-state index in [9.17, 15) is 0 Å². The lowest BCUT2D eigenvalue weighted by Crippen LogP contribution is -2.36. The summed E-state index contributed by atoms with van der Waals surface area (Å²) in [4.78, 5) is 4.32. The summed E-state index contributed by atoms with van der Waals surface area (Å²) in [5.41, 5.74) is 8.06. The lowest BCUT2D eigenvalue weighted by atomic mass is 9.90. The van der Waals surface area contributed by atoms with Crippen molar-refractivity contribution in [2.75, 3.05) is 0 Å². The van der Waals surface area contributed by atoms with E-state index in [4.69, 9.17) is 5.73 Å². The fraction of sp³-hybridized carbons (Fsp3) is 0.214.